The van der Waals surface area contributed by atoms with E-state index in [1.165, 1.54) is 6.42 Å². The second kappa shape index (κ2) is 2.59. The smallest absolute Gasteiger partial charge is 0.0679 e. The molecular formula is C9H12O. The molecule has 1 nitrogen and oxygen atoms in total. The summed E-state index contributed by atoms with van der Waals surface area (Å²) in [4.78, 5) is 0. The Morgan fingerprint density at radius 3 is 2.90 bits per heavy atom. The summed E-state index contributed by atoms with van der Waals surface area (Å²) >= 11 is 0. The summed E-state index contributed by atoms with van der Waals surface area (Å²) < 4.78 is 5.54. The van der Waals surface area contributed by atoms with Crippen molar-refractivity contribution >= 4 is 0 Å². The minimum absolute atomic E-state index is 0.481. The first-order valence-electron chi connectivity index (χ1n) is 3.90. The predicted octanol–water partition coefficient (Wildman–Crippen LogP) is 1.91. The van der Waals surface area contributed by atoms with Crippen molar-refractivity contribution in [2.75, 3.05) is 6.61 Å². The van der Waals surface area contributed by atoms with E-state index in [1.807, 2.05) is 0 Å². The van der Waals surface area contributed by atoms with E-state index in [0.29, 0.717) is 12.0 Å². The standard InChI is InChI=1S/C9H12O/c1-2-6-9-8(4-1)5-3-7-10-9/h1-3,5,8-9H,4,6-7H2. The molecule has 2 unspecified atom stereocenters. The minimum atomic E-state index is 0.481. The first kappa shape index (κ1) is 6.17. The largest absolute Gasteiger partial charge is 0.373 e. The van der Waals surface area contributed by atoms with Crippen LogP contribution in [-0.4, -0.2) is 12.7 Å². The lowest BCUT2D eigenvalue weighted by Crippen LogP contribution is -2.27. The van der Waals surface area contributed by atoms with Gasteiger partial charge in [0.1, 0.15) is 0 Å². The minimum Gasteiger partial charge on any atom is -0.373 e. The summed E-state index contributed by atoms with van der Waals surface area (Å²) in [6, 6.07) is 0. The summed E-state index contributed by atoms with van der Waals surface area (Å²) in [5.41, 5.74) is 0. The fourth-order valence-electron chi connectivity index (χ4n) is 1.61. The molecule has 1 heterocycles. The van der Waals surface area contributed by atoms with Crippen molar-refractivity contribution in [1.82, 2.24) is 0 Å². The van der Waals surface area contributed by atoms with Crippen molar-refractivity contribution in [1.29, 1.82) is 0 Å². The van der Waals surface area contributed by atoms with Crippen LogP contribution < -0.4 is 0 Å². The Kier molecular flexibility index (Phi) is 1.60. The maximum Gasteiger partial charge on any atom is 0.0679 e. The molecule has 54 valence electrons. The molecule has 0 saturated carbocycles. The Labute approximate surface area is 61.4 Å². The predicted molar refractivity (Wildman–Crippen MR) is 40.7 cm³/mol. The molecule has 0 bridgehead atoms. The third kappa shape index (κ3) is 1.01. The molecule has 0 amide bonds. The second-order valence-corrected chi connectivity index (χ2v) is 2.91. The highest BCUT2D eigenvalue weighted by Crippen LogP contribution is 2.25. The number of rotatable bonds is 0. The molecule has 0 spiro atoms. The first-order chi connectivity index (χ1) is 4.97. The summed E-state index contributed by atoms with van der Waals surface area (Å²) in [5, 5.41) is 0. The van der Waals surface area contributed by atoms with Crippen molar-refractivity contribution in [2.45, 2.75) is 18.9 Å². The molecule has 0 fully saturated rings. The normalized spacial score (nSPS) is 37.6. The van der Waals surface area contributed by atoms with Crippen LogP contribution in [0.3, 0.4) is 0 Å². The third-order valence-electron chi connectivity index (χ3n) is 2.21. The van der Waals surface area contributed by atoms with Crippen molar-refractivity contribution in [3.63, 3.8) is 0 Å². The van der Waals surface area contributed by atoms with E-state index in [2.05, 4.69) is 24.3 Å². The molecule has 0 N–H and O–H groups in total. The van der Waals surface area contributed by atoms with Crippen molar-refractivity contribution < 1.29 is 4.74 Å². The molecule has 10 heavy (non-hydrogen) atoms. The van der Waals surface area contributed by atoms with E-state index >= 15 is 0 Å². The van der Waals surface area contributed by atoms with Crippen LogP contribution >= 0.6 is 0 Å². The fraction of sp³-hybridized carbons (Fsp3) is 0.556. The van der Waals surface area contributed by atoms with Gasteiger partial charge in [-0.15, -0.1) is 0 Å². The van der Waals surface area contributed by atoms with Gasteiger partial charge in [-0.1, -0.05) is 24.3 Å². The molecule has 0 aromatic rings. The molecular weight excluding hydrogens is 124 g/mol. The molecule has 2 aliphatic rings. The zero-order valence-electron chi connectivity index (χ0n) is 5.99. The Morgan fingerprint density at radius 2 is 2.00 bits per heavy atom. The number of ether oxygens (including phenoxy) is 1. The maximum absolute atomic E-state index is 5.54. The Hall–Kier alpha value is -0.560. The maximum atomic E-state index is 5.54. The van der Waals surface area contributed by atoms with Crippen molar-refractivity contribution in [3.8, 4) is 0 Å². The molecule has 1 aliphatic carbocycles. The van der Waals surface area contributed by atoms with Gasteiger partial charge >= 0.3 is 0 Å². The van der Waals surface area contributed by atoms with E-state index in [9.17, 15) is 0 Å². The lowest BCUT2D eigenvalue weighted by molar-refractivity contribution is 0.0329. The topological polar surface area (TPSA) is 9.23 Å². The van der Waals surface area contributed by atoms with Crippen molar-refractivity contribution in [3.05, 3.63) is 24.3 Å². The molecule has 2 atom stereocenters. The zero-order valence-corrected chi connectivity index (χ0v) is 5.99. The van der Waals surface area contributed by atoms with Gasteiger partial charge in [0.05, 0.1) is 12.7 Å². The molecule has 0 aromatic carbocycles. The number of allylic oxidation sites excluding steroid dienone is 1. The van der Waals surface area contributed by atoms with Gasteiger partial charge in [0.15, 0.2) is 0 Å². The second-order valence-electron chi connectivity index (χ2n) is 2.91. The van der Waals surface area contributed by atoms with E-state index in [-0.39, 0.29) is 0 Å². The van der Waals surface area contributed by atoms with Gasteiger partial charge in [-0.25, -0.2) is 0 Å². The molecule has 2 rings (SSSR count). The Bertz CT molecular complexity index is 170. The Morgan fingerprint density at radius 1 is 1.10 bits per heavy atom. The lowest BCUT2D eigenvalue weighted by Gasteiger charge is -2.28. The number of fused-ring (bicyclic) bond motifs is 1. The van der Waals surface area contributed by atoms with Crippen LogP contribution in [0, 0.1) is 5.92 Å². The number of hydrogen-bond acceptors (Lipinski definition) is 1. The summed E-state index contributed by atoms with van der Waals surface area (Å²) in [6.07, 6.45) is 11.6. The summed E-state index contributed by atoms with van der Waals surface area (Å²) in [6.45, 7) is 0.814. The van der Waals surface area contributed by atoms with Crippen LogP contribution in [0.5, 0.6) is 0 Å². The van der Waals surface area contributed by atoms with Crippen LogP contribution in [-0.2, 0) is 4.74 Å². The number of hydrogen-bond donors (Lipinski definition) is 0. The van der Waals surface area contributed by atoms with Crippen LogP contribution in [0.15, 0.2) is 24.3 Å². The third-order valence-corrected chi connectivity index (χ3v) is 2.21. The van der Waals surface area contributed by atoms with Crippen LogP contribution in [0.25, 0.3) is 0 Å². The van der Waals surface area contributed by atoms with Crippen LogP contribution in [0.2, 0.25) is 0 Å². The summed E-state index contributed by atoms with van der Waals surface area (Å²) in [7, 11) is 0. The van der Waals surface area contributed by atoms with Crippen LogP contribution in [0.1, 0.15) is 12.8 Å². The average molecular weight is 136 g/mol. The van der Waals surface area contributed by atoms with Crippen LogP contribution in [0.4, 0.5) is 0 Å². The van der Waals surface area contributed by atoms with E-state index in [0.717, 1.165) is 13.0 Å². The lowest BCUT2D eigenvalue weighted by atomic mass is 9.90. The Balaban J connectivity index is 2.12. The summed E-state index contributed by atoms with van der Waals surface area (Å²) in [5.74, 6) is 0.666. The van der Waals surface area contributed by atoms with Gasteiger partial charge in [0.25, 0.3) is 0 Å². The highest BCUT2D eigenvalue weighted by Gasteiger charge is 2.22. The monoisotopic (exact) mass is 136 g/mol. The van der Waals surface area contributed by atoms with E-state index in [4.69, 9.17) is 4.74 Å². The molecule has 0 saturated heterocycles. The molecule has 0 aromatic heterocycles. The van der Waals surface area contributed by atoms with Crippen molar-refractivity contribution in [2.24, 2.45) is 5.92 Å². The van der Waals surface area contributed by atoms with Gasteiger partial charge in [-0.3, -0.25) is 0 Å². The van der Waals surface area contributed by atoms with E-state index < -0.39 is 0 Å². The zero-order chi connectivity index (χ0) is 6.81. The quantitative estimate of drug-likeness (QED) is 0.462. The SMILES string of the molecule is C1=CC2CC=CCC2OC1. The molecule has 0 radical (unpaired) electrons. The molecule has 1 heteroatoms. The van der Waals surface area contributed by atoms with Gasteiger partial charge < -0.3 is 4.74 Å². The van der Waals surface area contributed by atoms with E-state index in [1.54, 1.807) is 0 Å². The average Bonchev–Trinajstić information content (AvgIpc) is 2.05. The van der Waals surface area contributed by atoms with Gasteiger partial charge in [-0.05, 0) is 12.8 Å². The highest BCUT2D eigenvalue weighted by molar-refractivity contribution is 5.05. The first-order valence-corrected chi connectivity index (χ1v) is 3.90. The van der Waals surface area contributed by atoms with Gasteiger partial charge in [0, 0.05) is 5.92 Å². The fourth-order valence-corrected chi connectivity index (χ4v) is 1.61. The highest BCUT2D eigenvalue weighted by atomic mass is 16.5. The van der Waals surface area contributed by atoms with Gasteiger partial charge in [-0.2, -0.15) is 0 Å². The van der Waals surface area contributed by atoms with Gasteiger partial charge in [0.2, 0.25) is 0 Å². The molecule has 1 aliphatic heterocycles.